The first-order valence-corrected chi connectivity index (χ1v) is 5.64. The van der Waals surface area contributed by atoms with Crippen LogP contribution in [0.15, 0.2) is 12.2 Å². The average Bonchev–Trinajstić information content (AvgIpc) is 2.30. The van der Waals surface area contributed by atoms with E-state index in [1.165, 1.54) is 11.8 Å². The fraction of sp³-hybridized carbons (Fsp3) is 0.583. The lowest BCUT2D eigenvalue weighted by Crippen LogP contribution is -2.42. The molecule has 0 aromatic heterocycles. The van der Waals surface area contributed by atoms with Crippen LogP contribution in [0.1, 0.15) is 20.3 Å². The lowest BCUT2D eigenvalue weighted by molar-refractivity contribution is -0.133. The molecule has 1 atom stereocenters. The summed E-state index contributed by atoms with van der Waals surface area (Å²) in [6.07, 6.45) is 3.39. The number of nitrogens with zero attached hydrogens (tertiary/aromatic N) is 1. The van der Waals surface area contributed by atoms with Gasteiger partial charge in [-0.1, -0.05) is 6.92 Å². The van der Waals surface area contributed by atoms with E-state index in [1.54, 1.807) is 7.05 Å². The number of carbonyl (C=O) groups excluding carboxylic acids is 3. The van der Waals surface area contributed by atoms with Gasteiger partial charge in [0.25, 0.3) is 0 Å². The predicted octanol–water partition coefficient (Wildman–Crippen LogP) is 0.157. The highest BCUT2D eigenvalue weighted by Gasteiger charge is 2.21. The molecule has 0 aliphatic carbocycles. The van der Waals surface area contributed by atoms with Crippen molar-refractivity contribution in [1.29, 1.82) is 0 Å². The number of amides is 1. The van der Waals surface area contributed by atoms with Crippen LogP contribution in [0.4, 0.5) is 0 Å². The quantitative estimate of drug-likeness (QED) is 0.373. The maximum atomic E-state index is 11.6. The van der Waals surface area contributed by atoms with Crippen LogP contribution in [-0.4, -0.2) is 49.1 Å². The van der Waals surface area contributed by atoms with Gasteiger partial charge in [-0.3, -0.25) is 14.4 Å². The maximum Gasteiger partial charge on any atom is 0.247 e. The molecule has 1 amide bonds. The van der Waals surface area contributed by atoms with E-state index in [0.717, 1.165) is 18.7 Å². The van der Waals surface area contributed by atoms with Gasteiger partial charge in [0.1, 0.15) is 6.29 Å². The van der Waals surface area contributed by atoms with Crippen LogP contribution < -0.4 is 5.32 Å². The highest BCUT2D eigenvalue weighted by Crippen LogP contribution is 2.04. The third kappa shape index (κ3) is 5.97. The third-order valence-electron chi connectivity index (χ3n) is 2.45. The molecule has 0 bridgehead atoms. The Morgan fingerprint density at radius 2 is 2.06 bits per heavy atom. The minimum atomic E-state index is -0.446. The molecule has 5 nitrogen and oxygen atoms in total. The smallest absolute Gasteiger partial charge is 0.247 e. The van der Waals surface area contributed by atoms with Gasteiger partial charge in [0.15, 0.2) is 5.78 Å². The van der Waals surface area contributed by atoms with Crippen molar-refractivity contribution in [3.63, 3.8) is 0 Å². The average molecular weight is 240 g/mol. The lowest BCUT2D eigenvalue weighted by atomic mass is 10.1. The number of allylic oxidation sites excluding steroid dienone is 1. The molecular formula is C12H20N2O3. The van der Waals surface area contributed by atoms with Crippen molar-refractivity contribution in [3.8, 4) is 0 Å². The molecule has 0 rings (SSSR count). The Bertz CT molecular complexity index is 300. The molecule has 0 radical (unpaired) electrons. The molecule has 0 aliphatic heterocycles. The molecule has 0 aromatic carbocycles. The summed E-state index contributed by atoms with van der Waals surface area (Å²) in [6.45, 7) is 4.94. The molecule has 0 saturated heterocycles. The first-order valence-electron chi connectivity index (χ1n) is 5.64. The van der Waals surface area contributed by atoms with Gasteiger partial charge in [0, 0.05) is 13.1 Å². The summed E-state index contributed by atoms with van der Waals surface area (Å²) in [7, 11) is 1.56. The third-order valence-corrected chi connectivity index (χ3v) is 2.45. The van der Waals surface area contributed by atoms with Crippen LogP contribution in [0.25, 0.3) is 0 Å². The van der Waals surface area contributed by atoms with Gasteiger partial charge in [-0.05, 0) is 32.5 Å². The Morgan fingerprint density at radius 3 is 2.53 bits per heavy atom. The van der Waals surface area contributed by atoms with Gasteiger partial charge >= 0.3 is 0 Å². The Balaban J connectivity index is 4.47. The van der Waals surface area contributed by atoms with E-state index in [-0.39, 0.29) is 11.7 Å². The van der Waals surface area contributed by atoms with E-state index in [2.05, 4.69) is 5.32 Å². The molecule has 0 spiro atoms. The van der Waals surface area contributed by atoms with Crippen molar-refractivity contribution >= 4 is 18.0 Å². The van der Waals surface area contributed by atoms with Gasteiger partial charge in [0.05, 0.1) is 6.04 Å². The second-order valence-electron chi connectivity index (χ2n) is 3.71. The van der Waals surface area contributed by atoms with E-state index >= 15 is 0 Å². The number of ketones is 1. The fourth-order valence-corrected chi connectivity index (χ4v) is 1.48. The highest BCUT2D eigenvalue weighted by atomic mass is 16.2. The van der Waals surface area contributed by atoms with Crippen molar-refractivity contribution in [1.82, 2.24) is 10.2 Å². The van der Waals surface area contributed by atoms with Crippen LogP contribution >= 0.6 is 0 Å². The number of nitrogens with one attached hydrogen (secondary N) is 1. The van der Waals surface area contributed by atoms with E-state index < -0.39 is 6.04 Å². The number of hydrogen-bond donors (Lipinski definition) is 1. The molecule has 17 heavy (non-hydrogen) atoms. The molecule has 1 N–H and O–H groups in total. The zero-order chi connectivity index (χ0) is 13.3. The monoisotopic (exact) mass is 240 g/mol. The zero-order valence-corrected chi connectivity index (χ0v) is 10.6. The van der Waals surface area contributed by atoms with Crippen molar-refractivity contribution in [2.45, 2.75) is 26.3 Å². The molecule has 0 saturated carbocycles. The Morgan fingerprint density at radius 1 is 1.41 bits per heavy atom. The number of hydrogen-bond acceptors (Lipinski definition) is 4. The molecule has 0 heterocycles. The summed E-state index contributed by atoms with van der Waals surface area (Å²) >= 11 is 0. The molecule has 0 unspecified atom stereocenters. The van der Waals surface area contributed by atoms with Crippen molar-refractivity contribution in [3.05, 3.63) is 12.2 Å². The summed E-state index contributed by atoms with van der Waals surface area (Å²) in [6, 6.07) is -0.446. The topological polar surface area (TPSA) is 66.5 Å². The summed E-state index contributed by atoms with van der Waals surface area (Å²) in [5.41, 5.74) is 0. The largest absolute Gasteiger partial charge is 0.332 e. The van der Waals surface area contributed by atoms with E-state index in [4.69, 9.17) is 0 Å². The summed E-state index contributed by atoms with van der Waals surface area (Å²) < 4.78 is 0. The number of Topliss-reactive ketones (excluding diaryl/α,β-unsaturated/α-hetero) is 1. The second-order valence-corrected chi connectivity index (χ2v) is 3.71. The van der Waals surface area contributed by atoms with Crippen molar-refractivity contribution in [2.75, 3.05) is 20.1 Å². The van der Waals surface area contributed by atoms with E-state index in [9.17, 15) is 14.4 Å². The number of likely N-dealkylation sites (N-methyl/N-ethyl adjacent to an activating group) is 1. The predicted molar refractivity (Wildman–Crippen MR) is 65.6 cm³/mol. The number of rotatable bonds is 8. The molecule has 0 aliphatic rings. The Labute approximate surface area is 102 Å². The summed E-state index contributed by atoms with van der Waals surface area (Å²) in [5.74, 6) is -0.396. The van der Waals surface area contributed by atoms with Crippen LogP contribution in [0.2, 0.25) is 0 Å². The van der Waals surface area contributed by atoms with Crippen LogP contribution in [0.3, 0.4) is 0 Å². The molecular weight excluding hydrogens is 220 g/mol. The molecule has 0 aromatic rings. The Kier molecular flexibility index (Phi) is 7.88. The van der Waals surface area contributed by atoms with Crippen LogP contribution in [0.5, 0.6) is 0 Å². The first kappa shape index (κ1) is 15.5. The fourth-order valence-electron chi connectivity index (χ4n) is 1.48. The van der Waals surface area contributed by atoms with Gasteiger partial charge in [-0.2, -0.15) is 0 Å². The van der Waals surface area contributed by atoms with Crippen molar-refractivity contribution in [2.24, 2.45) is 0 Å². The van der Waals surface area contributed by atoms with E-state index in [1.807, 2.05) is 6.92 Å². The first-order chi connectivity index (χ1) is 8.04. The maximum absolute atomic E-state index is 11.6. The summed E-state index contributed by atoms with van der Waals surface area (Å²) in [5, 5.41) is 3.11. The minimum absolute atomic E-state index is 0.0572. The van der Waals surface area contributed by atoms with Gasteiger partial charge in [0.2, 0.25) is 5.91 Å². The van der Waals surface area contributed by atoms with E-state index in [0.29, 0.717) is 19.3 Å². The molecule has 96 valence electrons. The van der Waals surface area contributed by atoms with Crippen molar-refractivity contribution < 1.29 is 14.4 Å². The van der Waals surface area contributed by atoms with Gasteiger partial charge < -0.3 is 10.2 Å². The minimum Gasteiger partial charge on any atom is -0.332 e. The number of aldehydes is 1. The highest BCUT2D eigenvalue weighted by molar-refractivity contribution is 5.94. The van der Waals surface area contributed by atoms with Crippen LogP contribution in [-0.2, 0) is 14.4 Å². The van der Waals surface area contributed by atoms with Gasteiger partial charge in [-0.25, -0.2) is 0 Å². The zero-order valence-electron chi connectivity index (χ0n) is 10.6. The molecule has 0 fully saturated rings. The SMILES string of the molecule is CCNCC[C@H](C(C)=O)N(C)C(=O)/C=C\C=O. The Hall–Kier alpha value is -1.49. The standard InChI is InChI=1S/C12H20N2O3/c1-4-13-8-7-11(10(2)16)14(3)12(17)6-5-9-15/h5-6,9,11,13H,4,7-8H2,1-3H3/b6-5-/t11-/m1/s1. The molecule has 5 heteroatoms. The summed E-state index contributed by atoms with van der Waals surface area (Å²) in [4.78, 5) is 34.5. The normalized spacial score (nSPS) is 12.4. The second kappa shape index (κ2) is 8.64. The number of carbonyl (C=O) groups is 3. The lowest BCUT2D eigenvalue weighted by Gasteiger charge is -2.25. The van der Waals surface area contributed by atoms with Crippen LogP contribution in [0, 0.1) is 0 Å². The van der Waals surface area contributed by atoms with Gasteiger partial charge in [-0.15, -0.1) is 0 Å².